The Hall–Kier alpha value is -3.48. The smallest absolute Gasteiger partial charge is 0.323 e. The number of nitriles is 1. The minimum Gasteiger partial charge on any atom is -0.462 e. The minimum atomic E-state index is -4.19. The minimum absolute atomic E-state index is 0.172. The van der Waals surface area contributed by atoms with Crippen LogP contribution in [0, 0.1) is 23.0 Å². The Balaban J connectivity index is 2.38. The van der Waals surface area contributed by atoms with Gasteiger partial charge in [-0.1, -0.05) is 6.07 Å². The SMILES string of the molecule is C=N/C(=C\C=C(/C)Oc1ccc(C#N)cc1)C(F)(F)C(O)(CN)c1ccc(F)cc1F. The second-order valence-corrected chi connectivity index (χ2v) is 6.49. The van der Waals surface area contributed by atoms with Gasteiger partial charge in [-0.05, 0) is 56.1 Å². The molecular weight excluding hydrogens is 414 g/mol. The summed E-state index contributed by atoms with van der Waals surface area (Å²) < 4.78 is 63.1. The predicted octanol–water partition coefficient (Wildman–Crippen LogP) is 4.19. The summed E-state index contributed by atoms with van der Waals surface area (Å²) in [5.41, 5.74) is 0.675. The molecule has 0 saturated heterocycles. The van der Waals surface area contributed by atoms with E-state index >= 15 is 8.78 Å². The third-order valence-electron chi connectivity index (χ3n) is 4.42. The Kier molecular flexibility index (Phi) is 7.33. The Morgan fingerprint density at radius 3 is 2.39 bits per heavy atom. The van der Waals surface area contributed by atoms with Crippen LogP contribution in [0.2, 0.25) is 0 Å². The summed E-state index contributed by atoms with van der Waals surface area (Å²) in [4.78, 5) is 3.26. The lowest BCUT2D eigenvalue weighted by molar-refractivity contribution is -0.159. The van der Waals surface area contributed by atoms with Gasteiger partial charge in [-0.25, -0.2) is 8.78 Å². The number of hydrogen-bond donors (Lipinski definition) is 2. The van der Waals surface area contributed by atoms with E-state index in [0.717, 1.165) is 18.2 Å². The number of alkyl halides is 2. The Morgan fingerprint density at radius 1 is 1.23 bits per heavy atom. The number of nitrogens with zero attached hydrogens (tertiary/aromatic N) is 2. The van der Waals surface area contributed by atoms with Crippen LogP contribution in [-0.2, 0) is 5.60 Å². The van der Waals surface area contributed by atoms with Gasteiger partial charge in [-0.15, -0.1) is 0 Å². The summed E-state index contributed by atoms with van der Waals surface area (Å²) in [6.45, 7) is 3.47. The van der Waals surface area contributed by atoms with Crippen molar-refractivity contribution in [1.29, 1.82) is 5.26 Å². The van der Waals surface area contributed by atoms with Gasteiger partial charge in [-0.3, -0.25) is 4.99 Å². The average Bonchev–Trinajstić information content (AvgIpc) is 2.73. The molecule has 2 aromatic carbocycles. The fourth-order valence-corrected chi connectivity index (χ4v) is 2.71. The van der Waals surface area contributed by atoms with Crippen LogP contribution in [0.25, 0.3) is 0 Å². The molecule has 0 heterocycles. The molecule has 31 heavy (non-hydrogen) atoms. The molecule has 5 nitrogen and oxygen atoms in total. The molecule has 0 bridgehead atoms. The predicted molar refractivity (Wildman–Crippen MR) is 107 cm³/mol. The molecule has 0 radical (unpaired) electrons. The number of hydrogen-bond acceptors (Lipinski definition) is 5. The third kappa shape index (κ3) is 4.99. The van der Waals surface area contributed by atoms with Gasteiger partial charge >= 0.3 is 5.92 Å². The van der Waals surface area contributed by atoms with Crippen molar-refractivity contribution in [2.24, 2.45) is 10.7 Å². The molecule has 2 rings (SSSR count). The lowest BCUT2D eigenvalue weighted by atomic mass is 9.85. The van der Waals surface area contributed by atoms with Crippen LogP contribution in [-0.4, -0.2) is 24.3 Å². The highest BCUT2D eigenvalue weighted by Crippen LogP contribution is 2.43. The Labute approximate surface area is 176 Å². The molecule has 0 spiro atoms. The van der Waals surface area contributed by atoms with Crippen molar-refractivity contribution in [3.63, 3.8) is 0 Å². The van der Waals surface area contributed by atoms with E-state index in [1.807, 2.05) is 6.07 Å². The van der Waals surface area contributed by atoms with Gasteiger partial charge in [0.25, 0.3) is 0 Å². The van der Waals surface area contributed by atoms with E-state index in [2.05, 4.69) is 11.7 Å². The van der Waals surface area contributed by atoms with Crippen LogP contribution >= 0.6 is 0 Å². The monoisotopic (exact) mass is 433 g/mol. The summed E-state index contributed by atoms with van der Waals surface area (Å²) >= 11 is 0. The first-order chi connectivity index (χ1) is 14.6. The van der Waals surface area contributed by atoms with Gasteiger partial charge in [0, 0.05) is 18.2 Å². The van der Waals surface area contributed by atoms with Gasteiger partial charge in [0.1, 0.15) is 28.8 Å². The molecule has 0 aliphatic carbocycles. The molecular formula is C22H19F4N3O2. The first-order valence-electron chi connectivity index (χ1n) is 8.88. The normalized spacial score (nSPS) is 14.5. The van der Waals surface area contributed by atoms with Crippen LogP contribution in [0.15, 0.2) is 71.1 Å². The lowest BCUT2D eigenvalue weighted by Gasteiger charge is -2.35. The topological polar surface area (TPSA) is 91.6 Å². The molecule has 0 saturated carbocycles. The van der Waals surface area contributed by atoms with Crippen molar-refractivity contribution < 1.29 is 27.4 Å². The first kappa shape index (κ1) is 23.8. The molecule has 2 aromatic rings. The number of aliphatic imine (C=N–C) groups is 1. The summed E-state index contributed by atoms with van der Waals surface area (Å²) in [5.74, 6) is -6.04. The molecule has 9 heteroatoms. The number of rotatable bonds is 8. The van der Waals surface area contributed by atoms with Crippen molar-refractivity contribution in [2.75, 3.05) is 6.54 Å². The van der Waals surface area contributed by atoms with Gasteiger partial charge in [0.05, 0.1) is 11.6 Å². The largest absolute Gasteiger partial charge is 0.462 e. The first-order valence-corrected chi connectivity index (χ1v) is 8.88. The van der Waals surface area contributed by atoms with Crippen molar-refractivity contribution in [1.82, 2.24) is 0 Å². The fourth-order valence-electron chi connectivity index (χ4n) is 2.71. The maximum absolute atomic E-state index is 15.2. The highest BCUT2D eigenvalue weighted by molar-refractivity contribution is 5.39. The van der Waals surface area contributed by atoms with Crippen molar-refractivity contribution >= 4 is 6.72 Å². The van der Waals surface area contributed by atoms with Crippen molar-refractivity contribution in [3.8, 4) is 11.8 Å². The molecule has 1 unspecified atom stereocenters. The zero-order valence-electron chi connectivity index (χ0n) is 16.4. The zero-order chi connectivity index (χ0) is 23.2. The number of halogens is 4. The van der Waals surface area contributed by atoms with E-state index in [0.29, 0.717) is 23.4 Å². The molecule has 162 valence electrons. The maximum Gasteiger partial charge on any atom is 0.323 e. The summed E-state index contributed by atoms with van der Waals surface area (Å²) in [5, 5.41) is 19.4. The standard InChI is InChI=1S/C22H19F4N3O2/c1-14(31-17-7-4-15(12-27)5-8-17)3-10-20(29-2)22(25,26)21(30,13-28)18-9-6-16(23)11-19(18)24/h3-11,30H,2,13,28H2,1H3/b14-3+,20-10-. The van der Waals surface area contributed by atoms with E-state index in [1.54, 1.807) is 0 Å². The number of nitrogens with two attached hydrogens (primary N) is 1. The number of allylic oxidation sites excluding steroid dienone is 3. The van der Waals surface area contributed by atoms with E-state index in [1.165, 1.54) is 31.2 Å². The summed E-state index contributed by atoms with van der Waals surface area (Å²) in [7, 11) is 0. The van der Waals surface area contributed by atoms with Crippen molar-refractivity contribution in [3.05, 3.63) is 88.8 Å². The second kappa shape index (κ2) is 9.55. The van der Waals surface area contributed by atoms with Gasteiger partial charge in [-0.2, -0.15) is 14.0 Å². The second-order valence-electron chi connectivity index (χ2n) is 6.49. The molecule has 0 aliphatic rings. The van der Waals surface area contributed by atoms with E-state index in [4.69, 9.17) is 15.7 Å². The van der Waals surface area contributed by atoms with Crippen LogP contribution in [0.1, 0.15) is 18.1 Å². The molecule has 0 fully saturated rings. The van der Waals surface area contributed by atoms with Gasteiger partial charge in [0.2, 0.25) is 0 Å². The van der Waals surface area contributed by atoms with Crippen LogP contribution < -0.4 is 10.5 Å². The lowest BCUT2D eigenvalue weighted by Crippen LogP contribution is -2.52. The highest BCUT2D eigenvalue weighted by atomic mass is 19.3. The number of benzene rings is 2. The molecule has 0 amide bonds. The van der Waals surface area contributed by atoms with Crippen LogP contribution in [0.4, 0.5) is 17.6 Å². The highest BCUT2D eigenvalue weighted by Gasteiger charge is 2.56. The molecule has 3 N–H and O–H groups in total. The summed E-state index contributed by atoms with van der Waals surface area (Å²) in [6.07, 6.45) is 1.99. The van der Waals surface area contributed by atoms with E-state index < -0.39 is 41.0 Å². The van der Waals surface area contributed by atoms with Crippen LogP contribution in [0.5, 0.6) is 5.75 Å². The number of ether oxygens (including phenoxy) is 1. The third-order valence-corrected chi connectivity index (χ3v) is 4.42. The van der Waals surface area contributed by atoms with Crippen molar-refractivity contribution in [2.45, 2.75) is 18.4 Å². The Morgan fingerprint density at radius 2 is 1.87 bits per heavy atom. The Bertz CT molecular complexity index is 1060. The van der Waals surface area contributed by atoms with Crippen LogP contribution in [0.3, 0.4) is 0 Å². The zero-order valence-corrected chi connectivity index (χ0v) is 16.4. The maximum atomic E-state index is 15.2. The van der Waals surface area contributed by atoms with E-state index in [-0.39, 0.29) is 5.76 Å². The van der Waals surface area contributed by atoms with Gasteiger partial charge in [0.15, 0.2) is 5.60 Å². The van der Waals surface area contributed by atoms with Gasteiger partial charge < -0.3 is 15.6 Å². The molecule has 0 aromatic heterocycles. The molecule has 0 aliphatic heterocycles. The fraction of sp³-hybridized carbons (Fsp3) is 0.182. The quantitative estimate of drug-likeness (QED) is 0.283. The average molecular weight is 433 g/mol. The van der Waals surface area contributed by atoms with E-state index in [9.17, 15) is 13.9 Å². The summed E-state index contributed by atoms with van der Waals surface area (Å²) in [6, 6.07) is 9.81. The molecule has 1 atom stereocenters. The number of aliphatic hydroxyl groups is 1.